The van der Waals surface area contributed by atoms with E-state index in [-0.39, 0.29) is 0 Å². The Kier molecular flexibility index (Phi) is 4.26. The van der Waals surface area contributed by atoms with Crippen molar-refractivity contribution < 1.29 is 9.57 Å². The number of nitrogens with one attached hydrogen (secondary N) is 1. The summed E-state index contributed by atoms with van der Waals surface area (Å²) in [6.07, 6.45) is 0.940. The zero-order valence-corrected chi connectivity index (χ0v) is 11.0. The summed E-state index contributed by atoms with van der Waals surface area (Å²) in [4.78, 5) is 5.35. The van der Waals surface area contributed by atoms with E-state index in [9.17, 15) is 0 Å². The van der Waals surface area contributed by atoms with Gasteiger partial charge in [0, 0.05) is 23.6 Å². The topological polar surface area (TPSA) is 30.5 Å². The van der Waals surface area contributed by atoms with Crippen molar-refractivity contribution in [2.75, 3.05) is 13.2 Å². The molecular formula is C13H18ClNO2. The minimum Gasteiger partial charge on any atom is -0.493 e. The van der Waals surface area contributed by atoms with Crippen molar-refractivity contribution in [3.8, 4) is 5.75 Å². The fourth-order valence-electron chi connectivity index (χ4n) is 1.83. The van der Waals surface area contributed by atoms with Crippen molar-refractivity contribution in [1.29, 1.82) is 0 Å². The Balaban J connectivity index is 1.96. The second-order valence-corrected chi connectivity index (χ2v) is 5.11. The fraction of sp³-hybridized carbons (Fsp3) is 0.538. The van der Waals surface area contributed by atoms with Crippen LogP contribution in [-0.4, -0.2) is 13.2 Å². The smallest absolute Gasteiger partial charge is 0.127 e. The van der Waals surface area contributed by atoms with Crippen molar-refractivity contribution in [2.45, 2.75) is 26.8 Å². The lowest BCUT2D eigenvalue weighted by molar-refractivity contribution is 0.0193. The number of ether oxygens (including phenoxy) is 1. The molecule has 1 aromatic rings. The van der Waals surface area contributed by atoms with E-state index in [0.29, 0.717) is 19.1 Å². The van der Waals surface area contributed by atoms with Crippen LogP contribution in [-0.2, 0) is 17.8 Å². The molecule has 1 N–H and O–H groups in total. The van der Waals surface area contributed by atoms with Gasteiger partial charge in [0.15, 0.2) is 0 Å². The molecule has 0 spiro atoms. The molecule has 0 bridgehead atoms. The molecule has 1 aliphatic heterocycles. The second kappa shape index (κ2) is 5.71. The maximum absolute atomic E-state index is 6.07. The van der Waals surface area contributed by atoms with Crippen LogP contribution in [0.4, 0.5) is 0 Å². The van der Waals surface area contributed by atoms with Crippen molar-refractivity contribution >= 4 is 11.6 Å². The zero-order chi connectivity index (χ0) is 12.3. The van der Waals surface area contributed by atoms with E-state index in [1.165, 1.54) is 5.56 Å². The lowest BCUT2D eigenvalue weighted by Gasteiger charge is -2.11. The summed E-state index contributed by atoms with van der Waals surface area (Å²) in [5, 5.41) is 0.759. The number of hydrogen-bond acceptors (Lipinski definition) is 3. The molecular weight excluding hydrogens is 238 g/mol. The van der Waals surface area contributed by atoms with Crippen LogP contribution in [0.2, 0.25) is 5.02 Å². The first-order chi connectivity index (χ1) is 8.16. The molecule has 0 fully saturated rings. The molecule has 1 aliphatic rings. The average Bonchev–Trinajstić information content (AvgIpc) is 2.71. The van der Waals surface area contributed by atoms with Crippen molar-refractivity contribution in [3.63, 3.8) is 0 Å². The van der Waals surface area contributed by atoms with Crippen LogP contribution >= 0.6 is 11.6 Å². The SMILES string of the molecule is CC(C)CONCc1cc(Cl)cc2c1OCC2. The van der Waals surface area contributed by atoms with E-state index in [1.807, 2.05) is 12.1 Å². The fourth-order valence-corrected chi connectivity index (χ4v) is 2.10. The van der Waals surface area contributed by atoms with Crippen LogP contribution in [0.3, 0.4) is 0 Å². The van der Waals surface area contributed by atoms with E-state index in [2.05, 4.69) is 19.3 Å². The summed E-state index contributed by atoms with van der Waals surface area (Å²) in [6, 6.07) is 3.90. The third-order valence-corrected chi connectivity index (χ3v) is 2.82. The number of benzene rings is 1. The van der Waals surface area contributed by atoms with Crippen LogP contribution in [0.1, 0.15) is 25.0 Å². The molecule has 0 radical (unpaired) electrons. The molecule has 1 aromatic carbocycles. The Morgan fingerprint density at radius 3 is 3.06 bits per heavy atom. The molecule has 0 aromatic heterocycles. The Morgan fingerprint density at radius 2 is 2.29 bits per heavy atom. The summed E-state index contributed by atoms with van der Waals surface area (Å²) in [5.74, 6) is 1.49. The standard InChI is InChI=1S/C13H18ClNO2/c1-9(2)8-17-15-7-11-6-12(14)5-10-3-4-16-13(10)11/h5-6,9,15H,3-4,7-8H2,1-2H3. The van der Waals surface area contributed by atoms with Crippen LogP contribution in [0, 0.1) is 5.92 Å². The highest BCUT2D eigenvalue weighted by Crippen LogP contribution is 2.32. The zero-order valence-electron chi connectivity index (χ0n) is 10.3. The van der Waals surface area contributed by atoms with Crippen LogP contribution in [0.25, 0.3) is 0 Å². The van der Waals surface area contributed by atoms with Gasteiger partial charge in [0.25, 0.3) is 0 Å². The van der Waals surface area contributed by atoms with Crippen molar-refractivity contribution in [1.82, 2.24) is 5.48 Å². The summed E-state index contributed by atoms with van der Waals surface area (Å²) in [6.45, 7) is 6.29. The first kappa shape index (κ1) is 12.7. The molecule has 0 atom stereocenters. The molecule has 94 valence electrons. The molecule has 2 rings (SSSR count). The number of hydrogen-bond donors (Lipinski definition) is 1. The predicted octanol–water partition coefficient (Wildman–Crippen LogP) is 2.95. The third kappa shape index (κ3) is 3.35. The molecule has 0 unspecified atom stereocenters. The minimum atomic E-state index is 0.517. The van der Waals surface area contributed by atoms with Crippen LogP contribution < -0.4 is 10.2 Å². The second-order valence-electron chi connectivity index (χ2n) is 4.68. The number of rotatable bonds is 5. The number of halogens is 1. The monoisotopic (exact) mass is 255 g/mol. The third-order valence-electron chi connectivity index (χ3n) is 2.61. The Labute approximate surface area is 107 Å². The van der Waals surface area contributed by atoms with E-state index in [4.69, 9.17) is 21.2 Å². The van der Waals surface area contributed by atoms with Gasteiger partial charge in [-0.1, -0.05) is 25.4 Å². The van der Waals surface area contributed by atoms with Gasteiger partial charge in [0.1, 0.15) is 5.75 Å². The molecule has 17 heavy (non-hydrogen) atoms. The van der Waals surface area contributed by atoms with Gasteiger partial charge in [-0.2, -0.15) is 5.48 Å². The van der Waals surface area contributed by atoms with Gasteiger partial charge in [0.2, 0.25) is 0 Å². The summed E-state index contributed by atoms with van der Waals surface area (Å²) in [7, 11) is 0. The summed E-state index contributed by atoms with van der Waals surface area (Å²) >= 11 is 6.07. The van der Waals surface area contributed by atoms with E-state index in [1.54, 1.807) is 0 Å². The van der Waals surface area contributed by atoms with Gasteiger partial charge in [-0.05, 0) is 23.6 Å². The molecule has 1 heterocycles. The van der Waals surface area contributed by atoms with E-state index in [0.717, 1.165) is 29.4 Å². The molecule has 0 aliphatic carbocycles. The first-order valence-electron chi connectivity index (χ1n) is 5.95. The highest BCUT2D eigenvalue weighted by Gasteiger charge is 2.17. The Hall–Kier alpha value is -0.770. The first-order valence-corrected chi connectivity index (χ1v) is 6.33. The predicted molar refractivity (Wildman–Crippen MR) is 68.3 cm³/mol. The Morgan fingerprint density at radius 1 is 1.47 bits per heavy atom. The summed E-state index contributed by atoms with van der Waals surface area (Å²) < 4.78 is 5.61. The largest absolute Gasteiger partial charge is 0.493 e. The van der Waals surface area contributed by atoms with Gasteiger partial charge in [-0.15, -0.1) is 0 Å². The van der Waals surface area contributed by atoms with Crippen LogP contribution in [0.5, 0.6) is 5.75 Å². The van der Waals surface area contributed by atoms with Crippen LogP contribution in [0.15, 0.2) is 12.1 Å². The molecule has 0 saturated heterocycles. The lowest BCUT2D eigenvalue weighted by atomic mass is 10.1. The van der Waals surface area contributed by atoms with Crippen molar-refractivity contribution in [2.24, 2.45) is 5.92 Å². The summed E-state index contributed by atoms with van der Waals surface area (Å²) in [5.41, 5.74) is 5.21. The number of fused-ring (bicyclic) bond motifs is 1. The highest BCUT2D eigenvalue weighted by molar-refractivity contribution is 6.30. The molecule has 0 saturated carbocycles. The molecule has 4 heteroatoms. The highest BCUT2D eigenvalue weighted by atomic mass is 35.5. The van der Waals surface area contributed by atoms with Crippen molar-refractivity contribution in [3.05, 3.63) is 28.3 Å². The van der Waals surface area contributed by atoms with E-state index < -0.39 is 0 Å². The Bertz CT molecular complexity index is 393. The van der Waals surface area contributed by atoms with Gasteiger partial charge >= 0.3 is 0 Å². The lowest BCUT2D eigenvalue weighted by Crippen LogP contribution is -2.17. The normalized spacial score (nSPS) is 13.9. The minimum absolute atomic E-state index is 0.517. The number of hydroxylamine groups is 1. The maximum atomic E-state index is 6.07. The quantitative estimate of drug-likeness (QED) is 0.648. The average molecular weight is 256 g/mol. The molecule has 3 nitrogen and oxygen atoms in total. The van der Waals surface area contributed by atoms with Gasteiger partial charge < -0.3 is 9.57 Å². The maximum Gasteiger partial charge on any atom is 0.127 e. The van der Waals surface area contributed by atoms with E-state index >= 15 is 0 Å². The van der Waals surface area contributed by atoms with Gasteiger partial charge in [-0.3, -0.25) is 0 Å². The van der Waals surface area contributed by atoms with Gasteiger partial charge in [0.05, 0.1) is 13.2 Å². The molecule has 0 amide bonds. The van der Waals surface area contributed by atoms with Gasteiger partial charge in [-0.25, -0.2) is 0 Å².